The van der Waals surface area contributed by atoms with Crippen LogP contribution in [-0.4, -0.2) is 30.8 Å². The van der Waals surface area contributed by atoms with Crippen LogP contribution in [0.3, 0.4) is 0 Å². The number of pyridine rings is 1. The van der Waals surface area contributed by atoms with Crippen molar-refractivity contribution < 1.29 is 22.7 Å². The molecule has 152 valence electrons. The molecule has 1 aromatic carbocycles. The van der Waals surface area contributed by atoms with E-state index in [-0.39, 0.29) is 5.91 Å². The van der Waals surface area contributed by atoms with Crippen molar-refractivity contribution in [3.8, 4) is 17.0 Å². The van der Waals surface area contributed by atoms with Crippen molar-refractivity contribution in [3.63, 3.8) is 0 Å². The van der Waals surface area contributed by atoms with Gasteiger partial charge in [-0.1, -0.05) is 12.1 Å². The number of benzene rings is 1. The molecular formula is C20H19F3N4O2. The van der Waals surface area contributed by atoms with Gasteiger partial charge in [-0.2, -0.15) is 13.2 Å². The molecule has 0 aliphatic carbocycles. The highest BCUT2D eigenvalue weighted by Crippen LogP contribution is 2.36. The van der Waals surface area contributed by atoms with Crippen LogP contribution in [0.5, 0.6) is 5.75 Å². The Labute approximate surface area is 165 Å². The Balaban J connectivity index is 1.95. The normalized spacial score (nSPS) is 16.4. The Morgan fingerprint density at radius 2 is 2.10 bits per heavy atom. The number of allylic oxidation sites excluding steroid dienone is 1. The third-order valence-corrected chi connectivity index (χ3v) is 4.46. The fraction of sp³-hybridized carbons (Fsp3) is 0.250. The fourth-order valence-corrected chi connectivity index (χ4v) is 3.02. The standard InChI is InChI=1S/C20H19F3N4O2/c1-25-17(7-9-24)27-19(28)14-8-10-29-16-6-5-15(26-18(14)16)12-3-2-4-13(11-12)20(21,22)23/h2-7,9,11,14,24-25H,8,10H2,1H3,(H,27,28)/b17-7+,24-9?. The Morgan fingerprint density at radius 1 is 1.31 bits per heavy atom. The van der Waals surface area contributed by atoms with Crippen molar-refractivity contribution >= 4 is 12.1 Å². The van der Waals surface area contributed by atoms with Gasteiger partial charge in [0.2, 0.25) is 5.91 Å². The number of carbonyl (C=O) groups excluding carboxylic acids is 1. The fourth-order valence-electron chi connectivity index (χ4n) is 3.02. The quantitative estimate of drug-likeness (QED) is 0.666. The van der Waals surface area contributed by atoms with Crippen LogP contribution < -0.4 is 15.4 Å². The van der Waals surface area contributed by atoms with Gasteiger partial charge in [-0.3, -0.25) is 4.79 Å². The number of nitrogens with one attached hydrogen (secondary N) is 3. The van der Waals surface area contributed by atoms with E-state index in [2.05, 4.69) is 15.6 Å². The van der Waals surface area contributed by atoms with Crippen LogP contribution in [0.15, 0.2) is 48.3 Å². The molecule has 1 amide bonds. The van der Waals surface area contributed by atoms with E-state index in [0.717, 1.165) is 18.3 Å². The number of aromatic nitrogens is 1. The summed E-state index contributed by atoms with van der Waals surface area (Å²) in [4.78, 5) is 17.2. The Hall–Kier alpha value is -3.36. The molecule has 0 saturated carbocycles. The van der Waals surface area contributed by atoms with Crippen molar-refractivity contribution in [2.75, 3.05) is 13.7 Å². The van der Waals surface area contributed by atoms with E-state index in [4.69, 9.17) is 10.1 Å². The molecule has 1 aliphatic heterocycles. The number of nitrogens with zero attached hydrogens (tertiary/aromatic N) is 1. The number of hydrogen-bond donors (Lipinski definition) is 3. The first-order chi connectivity index (χ1) is 13.8. The van der Waals surface area contributed by atoms with E-state index in [1.165, 1.54) is 18.2 Å². The molecule has 0 radical (unpaired) electrons. The van der Waals surface area contributed by atoms with Crippen molar-refractivity contribution in [3.05, 3.63) is 59.6 Å². The molecule has 0 bridgehead atoms. The molecule has 0 fully saturated rings. The largest absolute Gasteiger partial charge is 0.492 e. The third-order valence-electron chi connectivity index (χ3n) is 4.46. The lowest BCUT2D eigenvalue weighted by Gasteiger charge is -2.25. The lowest BCUT2D eigenvalue weighted by atomic mass is 9.96. The van der Waals surface area contributed by atoms with E-state index in [1.807, 2.05) is 0 Å². The number of amides is 1. The van der Waals surface area contributed by atoms with Gasteiger partial charge in [0.05, 0.1) is 29.5 Å². The minimum absolute atomic E-state index is 0.298. The number of alkyl halides is 3. The summed E-state index contributed by atoms with van der Waals surface area (Å²) in [6, 6.07) is 8.07. The summed E-state index contributed by atoms with van der Waals surface area (Å²) in [6.45, 7) is 0.318. The van der Waals surface area contributed by atoms with Crippen LogP contribution in [0, 0.1) is 5.41 Å². The van der Waals surface area contributed by atoms with Gasteiger partial charge in [0.15, 0.2) is 0 Å². The highest BCUT2D eigenvalue weighted by molar-refractivity contribution is 5.86. The van der Waals surface area contributed by atoms with Gasteiger partial charge < -0.3 is 20.8 Å². The first-order valence-electron chi connectivity index (χ1n) is 8.84. The van der Waals surface area contributed by atoms with Crippen molar-refractivity contribution in [1.82, 2.24) is 15.6 Å². The predicted octanol–water partition coefficient (Wildman–Crippen LogP) is 3.46. The molecule has 1 atom stereocenters. The highest BCUT2D eigenvalue weighted by atomic mass is 19.4. The SMILES string of the molecule is CN/C(=C\C=N)NC(=O)C1CCOc2ccc(-c3cccc(C(F)(F)F)c3)nc21. The van der Waals surface area contributed by atoms with Gasteiger partial charge in [-0.25, -0.2) is 4.98 Å². The molecular weight excluding hydrogens is 385 g/mol. The number of hydrogen-bond acceptors (Lipinski definition) is 5. The van der Waals surface area contributed by atoms with Gasteiger partial charge in [-0.15, -0.1) is 0 Å². The second-order valence-corrected chi connectivity index (χ2v) is 6.33. The van der Waals surface area contributed by atoms with Crippen LogP contribution >= 0.6 is 0 Å². The molecule has 0 spiro atoms. The van der Waals surface area contributed by atoms with Crippen LogP contribution in [-0.2, 0) is 11.0 Å². The molecule has 0 saturated heterocycles. The summed E-state index contributed by atoms with van der Waals surface area (Å²) in [6.07, 6.45) is -1.65. The summed E-state index contributed by atoms with van der Waals surface area (Å²) in [5.41, 5.74) is 0.221. The molecule has 29 heavy (non-hydrogen) atoms. The first-order valence-corrected chi connectivity index (χ1v) is 8.84. The lowest BCUT2D eigenvalue weighted by molar-refractivity contribution is -0.137. The summed E-state index contributed by atoms with van der Waals surface area (Å²) >= 11 is 0. The van der Waals surface area contributed by atoms with Gasteiger partial charge in [0, 0.05) is 18.8 Å². The van der Waals surface area contributed by atoms with Gasteiger partial charge in [0.25, 0.3) is 0 Å². The minimum Gasteiger partial charge on any atom is -0.492 e. The Bertz CT molecular complexity index is 957. The van der Waals surface area contributed by atoms with E-state index >= 15 is 0 Å². The molecule has 9 heteroatoms. The number of ether oxygens (including phenoxy) is 1. The maximum atomic E-state index is 13.0. The van der Waals surface area contributed by atoms with Crippen LogP contribution in [0.25, 0.3) is 11.3 Å². The van der Waals surface area contributed by atoms with E-state index < -0.39 is 17.7 Å². The maximum absolute atomic E-state index is 13.0. The molecule has 1 aliphatic rings. The molecule has 6 nitrogen and oxygen atoms in total. The van der Waals surface area contributed by atoms with Gasteiger partial charge in [-0.05, 0) is 36.8 Å². The molecule has 3 N–H and O–H groups in total. The lowest BCUT2D eigenvalue weighted by Crippen LogP contribution is -2.36. The second kappa shape index (κ2) is 8.34. The van der Waals surface area contributed by atoms with Crippen LogP contribution in [0.4, 0.5) is 13.2 Å². The summed E-state index contributed by atoms with van der Waals surface area (Å²) in [5, 5.41) is 12.6. The summed E-state index contributed by atoms with van der Waals surface area (Å²) in [5.74, 6) is -0.195. The Kier molecular flexibility index (Phi) is 5.86. The monoisotopic (exact) mass is 404 g/mol. The zero-order chi connectivity index (χ0) is 21.0. The molecule has 2 aromatic rings. The van der Waals surface area contributed by atoms with E-state index in [1.54, 1.807) is 19.2 Å². The summed E-state index contributed by atoms with van der Waals surface area (Å²) < 4.78 is 44.6. The van der Waals surface area contributed by atoms with Gasteiger partial charge in [0.1, 0.15) is 11.6 Å². The zero-order valence-electron chi connectivity index (χ0n) is 15.5. The zero-order valence-corrected chi connectivity index (χ0v) is 15.5. The number of carbonyl (C=O) groups is 1. The summed E-state index contributed by atoms with van der Waals surface area (Å²) in [7, 11) is 1.61. The average Bonchev–Trinajstić information content (AvgIpc) is 2.72. The molecule has 1 aromatic heterocycles. The van der Waals surface area contributed by atoms with E-state index in [9.17, 15) is 18.0 Å². The smallest absolute Gasteiger partial charge is 0.416 e. The maximum Gasteiger partial charge on any atom is 0.416 e. The predicted molar refractivity (Wildman–Crippen MR) is 102 cm³/mol. The Morgan fingerprint density at radius 3 is 2.79 bits per heavy atom. The van der Waals surface area contributed by atoms with Gasteiger partial charge >= 0.3 is 6.18 Å². The molecule has 2 heterocycles. The van der Waals surface area contributed by atoms with Crippen LogP contribution in [0.2, 0.25) is 0 Å². The minimum atomic E-state index is -4.46. The third kappa shape index (κ3) is 4.56. The van der Waals surface area contributed by atoms with Crippen molar-refractivity contribution in [2.24, 2.45) is 0 Å². The van der Waals surface area contributed by atoms with E-state index in [0.29, 0.717) is 41.5 Å². The van der Waals surface area contributed by atoms with Crippen molar-refractivity contribution in [1.29, 1.82) is 5.41 Å². The second-order valence-electron chi connectivity index (χ2n) is 6.33. The molecule has 1 unspecified atom stereocenters. The van der Waals surface area contributed by atoms with Crippen molar-refractivity contribution in [2.45, 2.75) is 18.5 Å². The first kappa shape index (κ1) is 20.4. The number of fused-ring (bicyclic) bond motifs is 1. The number of halogens is 3. The molecule has 3 rings (SSSR count). The topological polar surface area (TPSA) is 87.1 Å². The highest BCUT2D eigenvalue weighted by Gasteiger charge is 2.32. The van der Waals surface area contributed by atoms with Crippen LogP contribution in [0.1, 0.15) is 23.6 Å². The average molecular weight is 404 g/mol. The number of rotatable bonds is 5.